The summed E-state index contributed by atoms with van der Waals surface area (Å²) in [6, 6.07) is 7.85. The molecule has 0 heterocycles. The molecule has 0 aromatic heterocycles. The minimum Gasteiger partial charge on any atom is -0.321 e. The summed E-state index contributed by atoms with van der Waals surface area (Å²) in [5, 5.41) is 0.756. The summed E-state index contributed by atoms with van der Waals surface area (Å²) in [6.07, 6.45) is 0.922. The van der Waals surface area contributed by atoms with Gasteiger partial charge in [-0.1, -0.05) is 44.5 Å². The van der Waals surface area contributed by atoms with Gasteiger partial charge in [0.15, 0.2) is 0 Å². The van der Waals surface area contributed by atoms with E-state index < -0.39 is 0 Å². The number of halogens is 1. The van der Waals surface area contributed by atoms with Gasteiger partial charge in [-0.05, 0) is 30.0 Å². The lowest BCUT2D eigenvalue weighted by Gasteiger charge is -2.33. The monoisotopic (exact) mass is 211 g/mol. The van der Waals surface area contributed by atoms with E-state index in [0.717, 1.165) is 17.0 Å². The summed E-state index contributed by atoms with van der Waals surface area (Å²) in [6.45, 7) is 6.40. The molecule has 0 saturated heterocycles. The number of hydrogen-bond donors (Lipinski definition) is 1. The molecule has 0 bridgehead atoms. The smallest absolute Gasteiger partial charge is 0.0430 e. The molecule has 0 aliphatic heterocycles. The van der Waals surface area contributed by atoms with Gasteiger partial charge < -0.3 is 5.73 Å². The second-order valence-electron chi connectivity index (χ2n) is 4.06. The molecular weight excluding hydrogens is 194 g/mol. The molecular formula is C12H18ClN. The van der Waals surface area contributed by atoms with E-state index in [1.54, 1.807) is 0 Å². The van der Waals surface area contributed by atoms with E-state index in [9.17, 15) is 0 Å². The highest BCUT2D eigenvalue weighted by Crippen LogP contribution is 2.31. The van der Waals surface area contributed by atoms with Gasteiger partial charge >= 0.3 is 0 Å². The van der Waals surface area contributed by atoms with Crippen molar-refractivity contribution in [1.82, 2.24) is 0 Å². The van der Waals surface area contributed by atoms with Crippen LogP contribution in [0.15, 0.2) is 24.3 Å². The molecule has 0 aliphatic carbocycles. The Labute approximate surface area is 91.3 Å². The molecule has 0 aliphatic rings. The lowest BCUT2D eigenvalue weighted by atomic mass is 9.79. The molecule has 78 valence electrons. The van der Waals surface area contributed by atoms with E-state index in [1.807, 2.05) is 18.2 Å². The van der Waals surface area contributed by atoms with Crippen molar-refractivity contribution in [1.29, 1.82) is 0 Å². The lowest BCUT2D eigenvalue weighted by Crippen LogP contribution is -2.41. The Morgan fingerprint density at radius 1 is 1.43 bits per heavy atom. The fourth-order valence-corrected chi connectivity index (χ4v) is 1.91. The molecule has 0 spiro atoms. The Balaban J connectivity index is 3.12. The van der Waals surface area contributed by atoms with Gasteiger partial charge in [-0.3, -0.25) is 0 Å². The molecule has 1 aromatic rings. The van der Waals surface area contributed by atoms with Crippen LogP contribution in [-0.2, 0) is 5.54 Å². The first-order valence-corrected chi connectivity index (χ1v) is 5.43. The van der Waals surface area contributed by atoms with Crippen LogP contribution in [0.4, 0.5) is 0 Å². The predicted octanol–water partition coefficient (Wildman–Crippen LogP) is 3.56. The molecule has 14 heavy (non-hydrogen) atoms. The van der Waals surface area contributed by atoms with Crippen LogP contribution in [0.25, 0.3) is 0 Å². The highest BCUT2D eigenvalue weighted by Gasteiger charge is 2.28. The second-order valence-corrected chi connectivity index (χ2v) is 4.50. The third-order valence-electron chi connectivity index (χ3n) is 2.98. The molecule has 1 nitrogen and oxygen atoms in total. The highest BCUT2D eigenvalue weighted by molar-refractivity contribution is 6.30. The molecule has 0 fully saturated rings. The van der Waals surface area contributed by atoms with Crippen LogP contribution < -0.4 is 5.73 Å². The maximum absolute atomic E-state index is 6.37. The van der Waals surface area contributed by atoms with Crippen LogP contribution in [0.2, 0.25) is 5.02 Å². The fraction of sp³-hybridized carbons (Fsp3) is 0.500. The van der Waals surface area contributed by atoms with E-state index in [0.29, 0.717) is 5.92 Å². The summed E-state index contributed by atoms with van der Waals surface area (Å²) in [5.74, 6) is 0.408. The van der Waals surface area contributed by atoms with Crippen molar-refractivity contribution in [3.63, 3.8) is 0 Å². The SMILES string of the molecule is CCC(N)(c1cccc(Cl)c1)C(C)C. The van der Waals surface area contributed by atoms with Gasteiger partial charge in [-0.2, -0.15) is 0 Å². The predicted molar refractivity (Wildman–Crippen MR) is 62.4 cm³/mol. The first-order chi connectivity index (χ1) is 6.50. The van der Waals surface area contributed by atoms with E-state index in [2.05, 4.69) is 26.8 Å². The Kier molecular flexibility index (Phi) is 3.57. The number of benzene rings is 1. The standard InChI is InChI=1S/C12H18ClN/c1-4-12(14,9(2)3)10-6-5-7-11(13)8-10/h5-9H,4,14H2,1-3H3. The zero-order valence-electron chi connectivity index (χ0n) is 9.05. The van der Waals surface area contributed by atoms with Crippen molar-refractivity contribution in [3.8, 4) is 0 Å². The van der Waals surface area contributed by atoms with Gasteiger partial charge in [-0.25, -0.2) is 0 Å². The summed E-state index contributed by atoms with van der Waals surface area (Å²) in [5.41, 5.74) is 7.24. The Morgan fingerprint density at radius 2 is 2.07 bits per heavy atom. The van der Waals surface area contributed by atoms with E-state index >= 15 is 0 Å². The number of rotatable bonds is 3. The summed E-state index contributed by atoms with van der Waals surface area (Å²) < 4.78 is 0. The van der Waals surface area contributed by atoms with Crippen molar-refractivity contribution >= 4 is 11.6 Å². The summed E-state index contributed by atoms with van der Waals surface area (Å²) >= 11 is 5.96. The second kappa shape index (κ2) is 4.33. The Hall–Kier alpha value is -0.530. The lowest BCUT2D eigenvalue weighted by molar-refractivity contribution is 0.306. The molecule has 0 radical (unpaired) electrons. The van der Waals surface area contributed by atoms with Crippen molar-refractivity contribution in [3.05, 3.63) is 34.9 Å². The normalized spacial score (nSPS) is 15.6. The van der Waals surface area contributed by atoms with Gasteiger partial charge in [0.2, 0.25) is 0 Å². The zero-order valence-corrected chi connectivity index (χ0v) is 9.81. The fourth-order valence-electron chi connectivity index (χ4n) is 1.72. The van der Waals surface area contributed by atoms with Crippen molar-refractivity contribution < 1.29 is 0 Å². The molecule has 1 rings (SSSR count). The molecule has 1 atom stereocenters. The quantitative estimate of drug-likeness (QED) is 0.813. The number of nitrogens with two attached hydrogens (primary N) is 1. The summed E-state index contributed by atoms with van der Waals surface area (Å²) in [7, 11) is 0. The van der Waals surface area contributed by atoms with Crippen LogP contribution in [0.5, 0.6) is 0 Å². The van der Waals surface area contributed by atoms with Gasteiger partial charge in [0, 0.05) is 10.6 Å². The first kappa shape index (κ1) is 11.5. The molecule has 1 unspecified atom stereocenters. The van der Waals surface area contributed by atoms with E-state index in [-0.39, 0.29) is 5.54 Å². The van der Waals surface area contributed by atoms with Crippen LogP contribution in [-0.4, -0.2) is 0 Å². The van der Waals surface area contributed by atoms with Crippen molar-refractivity contribution in [2.45, 2.75) is 32.7 Å². The molecule has 1 aromatic carbocycles. The maximum atomic E-state index is 6.37. The average molecular weight is 212 g/mol. The minimum absolute atomic E-state index is 0.259. The minimum atomic E-state index is -0.259. The molecule has 2 N–H and O–H groups in total. The Bertz CT molecular complexity index is 309. The zero-order chi connectivity index (χ0) is 10.8. The maximum Gasteiger partial charge on any atom is 0.0430 e. The summed E-state index contributed by atoms with van der Waals surface area (Å²) in [4.78, 5) is 0. The third kappa shape index (κ3) is 2.10. The average Bonchev–Trinajstić information content (AvgIpc) is 2.16. The topological polar surface area (TPSA) is 26.0 Å². The van der Waals surface area contributed by atoms with E-state index in [4.69, 9.17) is 17.3 Å². The van der Waals surface area contributed by atoms with Crippen molar-refractivity contribution in [2.24, 2.45) is 11.7 Å². The highest BCUT2D eigenvalue weighted by atomic mass is 35.5. The molecule has 0 saturated carbocycles. The third-order valence-corrected chi connectivity index (χ3v) is 3.21. The van der Waals surface area contributed by atoms with Crippen LogP contribution in [0.3, 0.4) is 0 Å². The number of hydrogen-bond acceptors (Lipinski definition) is 1. The van der Waals surface area contributed by atoms with Crippen LogP contribution >= 0.6 is 11.6 Å². The van der Waals surface area contributed by atoms with Gasteiger partial charge in [0.05, 0.1) is 0 Å². The van der Waals surface area contributed by atoms with Gasteiger partial charge in [0.1, 0.15) is 0 Å². The Morgan fingerprint density at radius 3 is 2.50 bits per heavy atom. The van der Waals surface area contributed by atoms with Gasteiger partial charge in [0.25, 0.3) is 0 Å². The molecule has 0 amide bonds. The van der Waals surface area contributed by atoms with Crippen LogP contribution in [0.1, 0.15) is 32.8 Å². The van der Waals surface area contributed by atoms with Crippen LogP contribution in [0, 0.1) is 5.92 Å². The van der Waals surface area contributed by atoms with Gasteiger partial charge in [-0.15, -0.1) is 0 Å². The van der Waals surface area contributed by atoms with Crippen molar-refractivity contribution in [2.75, 3.05) is 0 Å². The van der Waals surface area contributed by atoms with E-state index in [1.165, 1.54) is 0 Å². The first-order valence-electron chi connectivity index (χ1n) is 5.05. The molecule has 2 heteroatoms. The largest absolute Gasteiger partial charge is 0.321 e.